The van der Waals surface area contributed by atoms with Crippen molar-refractivity contribution >= 4 is 29.0 Å². The lowest BCUT2D eigenvalue weighted by molar-refractivity contribution is 0.0988. The molecule has 3 aromatic rings. The number of para-hydroxylation sites is 1. The van der Waals surface area contributed by atoms with Crippen LogP contribution >= 0.6 is 23.2 Å². The third-order valence-electron chi connectivity index (χ3n) is 4.90. The summed E-state index contributed by atoms with van der Waals surface area (Å²) in [6.07, 6.45) is 3.46. The number of rotatable bonds is 10. The normalized spacial score (nSPS) is 10.5. The Labute approximate surface area is 197 Å². The van der Waals surface area contributed by atoms with Gasteiger partial charge in [0.05, 0.1) is 43.5 Å². The number of nitrogens with zero attached hydrogens (tertiary/aromatic N) is 1. The standard InChI is InChI=1S/C24H23Cl2NO5/c1-29-21-7-5-4-6-15(21)10-11-32-23-16(8-9-22(30-2)24(23)31-3)20(28)12-17-18(25)13-27-14-19(17)26/h4-9,13-14H,10-12H2,1-3H3. The fourth-order valence-corrected chi connectivity index (χ4v) is 3.80. The molecule has 0 unspecified atom stereocenters. The van der Waals surface area contributed by atoms with Crippen molar-refractivity contribution in [3.05, 3.63) is 75.5 Å². The lowest BCUT2D eigenvalue weighted by Crippen LogP contribution is -2.11. The molecule has 0 bridgehead atoms. The van der Waals surface area contributed by atoms with Crippen molar-refractivity contribution in [1.82, 2.24) is 4.98 Å². The van der Waals surface area contributed by atoms with Crippen molar-refractivity contribution in [3.63, 3.8) is 0 Å². The van der Waals surface area contributed by atoms with Gasteiger partial charge in [-0.25, -0.2) is 0 Å². The zero-order chi connectivity index (χ0) is 23.1. The highest BCUT2D eigenvalue weighted by molar-refractivity contribution is 6.36. The van der Waals surface area contributed by atoms with E-state index in [-0.39, 0.29) is 12.2 Å². The summed E-state index contributed by atoms with van der Waals surface area (Å²) in [4.78, 5) is 17.1. The number of carbonyl (C=O) groups excluding carboxylic acids is 1. The molecule has 0 aliphatic heterocycles. The van der Waals surface area contributed by atoms with E-state index in [0.29, 0.717) is 51.4 Å². The molecule has 0 atom stereocenters. The maximum Gasteiger partial charge on any atom is 0.204 e. The molecule has 0 aliphatic rings. The predicted molar refractivity (Wildman–Crippen MR) is 124 cm³/mol. The Morgan fingerprint density at radius 1 is 0.875 bits per heavy atom. The molecule has 0 radical (unpaired) electrons. The van der Waals surface area contributed by atoms with Crippen LogP contribution in [0.3, 0.4) is 0 Å². The van der Waals surface area contributed by atoms with Gasteiger partial charge in [0.2, 0.25) is 5.75 Å². The van der Waals surface area contributed by atoms with Gasteiger partial charge in [-0.3, -0.25) is 9.78 Å². The lowest BCUT2D eigenvalue weighted by Gasteiger charge is -2.18. The highest BCUT2D eigenvalue weighted by Gasteiger charge is 2.23. The Hall–Kier alpha value is -2.96. The van der Waals surface area contributed by atoms with Gasteiger partial charge in [-0.15, -0.1) is 0 Å². The predicted octanol–water partition coefficient (Wildman–Crippen LogP) is 5.46. The van der Waals surface area contributed by atoms with E-state index in [0.717, 1.165) is 11.3 Å². The number of hydrogen-bond acceptors (Lipinski definition) is 6. The molecular formula is C24H23Cl2NO5. The molecule has 0 aliphatic carbocycles. The molecule has 2 aromatic carbocycles. The van der Waals surface area contributed by atoms with E-state index in [1.54, 1.807) is 19.2 Å². The molecule has 0 N–H and O–H groups in total. The van der Waals surface area contributed by atoms with Gasteiger partial charge >= 0.3 is 0 Å². The van der Waals surface area contributed by atoms with Crippen molar-refractivity contribution in [3.8, 4) is 23.0 Å². The van der Waals surface area contributed by atoms with Gasteiger partial charge in [-0.05, 0) is 23.8 Å². The number of aromatic nitrogens is 1. The Bertz CT molecular complexity index is 1080. The van der Waals surface area contributed by atoms with E-state index in [1.807, 2.05) is 24.3 Å². The van der Waals surface area contributed by atoms with E-state index in [2.05, 4.69) is 4.98 Å². The van der Waals surface area contributed by atoms with Gasteiger partial charge in [0.1, 0.15) is 5.75 Å². The third kappa shape index (κ3) is 5.26. The van der Waals surface area contributed by atoms with Crippen molar-refractivity contribution in [2.45, 2.75) is 12.8 Å². The van der Waals surface area contributed by atoms with Gasteiger partial charge in [0.15, 0.2) is 17.3 Å². The number of halogens is 2. The first-order valence-electron chi connectivity index (χ1n) is 9.80. The molecule has 0 saturated carbocycles. The van der Waals surface area contributed by atoms with Gasteiger partial charge in [-0.1, -0.05) is 41.4 Å². The van der Waals surface area contributed by atoms with Crippen LogP contribution in [-0.2, 0) is 12.8 Å². The lowest BCUT2D eigenvalue weighted by atomic mass is 10.0. The molecule has 168 valence electrons. The first-order valence-corrected chi connectivity index (χ1v) is 10.6. The molecule has 3 rings (SSSR count). The minimum atomic E-state index is -0.228. The number of benzene rings is 2. The quantitative estimate of drug-likeness (QED) is 0.362. The number of ketones is 1. The highest BCUT2D eigenvalue weighted by atomic mass is 35.5. The SMILES string of the molecule is COc1ccccc1CCOc1c(C(=O)Cc2c(Cl)cncc2Cl)ccc(OC)c1OC. The number of Topliss-reactive ketones (excluding diaryl/α,β-unsaturated/α-hetero) is 1. The van der Waals surface area contributed by atoms with Gasteiger partial charge in [0, 0.05) is 30.8 Å². The Morgan fingerprint density at radius 3 is 2.22 bits per heavy atom. The molecule has 0 fully saturated rings. The number of carbonyl (C=O) groups is 1. The third-order valence-corrected chi connectivity index (χ3v) is 5.55. The van der Waals surface area contributed by atoms with Crippen molar-refractivity contribution in [2.75, 3.05) is 27.9 Å². The first-order chi connectivity index (χ1) is 15.5. The molecule has 1 aromatic heterocycles. The van der Waals surface area contributed by atoms with E-state index >= 15 is 0 Å². The molecule has 0 saturated heterocycles. The van der Waals surface area contributed by atoms with Crippen LogP contribution in [0.15, 0.2) is 48.8 Å². The van der Waals surface area contributed by atoms with E-state index < -0.39 is 0 Å². The second-order valence-corrected chi connectivity index (χ2v) is 7.58. The summed E-state index contributed by atoms with van der Waals surface area (Å²) in [5.41, 5.74) is 1.83. The minimum absolute atomic E-state index is 0.0153. The van der Waals surface area contributed by atoms with Crippen LogP contribution in [0.4, 0.5) is 0 Å². The van der Waals surface area contributed by atoms with Gasteiger partial charge < -0.3 is 18.9 Å². The summed E-state index contributed by atoms with van der Waals surface area (Å²) < 4.78 is 22.4. The summed E-state index contributed by atoms with van der Waals surface area (Å²) in [5, 5.41) is 0.648. The highest BCUT2D eigenvalue weighted by Crippen LogP contribution is 2.41. The van der Waals surface area contributed by atoms with E-state index in [9.17, 15) is 4.79 Å². The molecule has 0 spiro atoms. The summed E-state index contributed by atoms with van der Waals surface area (Å²) in [6.45, 7) is 0.293. The zero-order valence-corrected chi connectivity index (χ0v) is 19.5. The van der Waals surface area contributed by atoms with Gasteiger partial charge in [-0.2, -0.15) is 0 Å². The van der Waals surface area contributed by atoms with E-state index in [4.69, 9.17) is 42.1 Å². The topological polar surface area (TPSA) is 66.9 Å². The Balaban J connectivity index is 1.90. The first kappa shape index (κ1) is 23.7. The van der Waals surface area contributed by atoms with Crippen LogP contribution in [0.1, 0.15) is 21.5 Å². The van der Waals surface area contributed by atoms with Crippen molar-refractivity contribution in [1.29, 1.82) is 0 Å². The summed E-state index contributed by atoms with van der Waals surface area (Å²) in [5.74, 6) is 1.63. The molecule has 32 heavy (non-hydrogen) atoms. The smallest absolute Gasteiger partial charge is 0.204 e. The average molecular weight is 476 g/mol. The summed E-state index contributed by atoms with van der Waals surface area (Å²) in [6, 6.07) is 11.0. The minimum Gasteiger partial charge on any atom is -0.496 e. The van der Waals surface area contributed by atoms with Crippen LogP contribution in [0.5, 0.6) is 23.0 Å². The summed E-state index contributed by atoms with van der Waals surface area (Å²) in [7, 11) is 4.64. The summed E-state index contributed by atoms with van der Waals surface area (Å²) >= 11 is 12.4. The van der Waals surface area contributed by atoms with Crippen LogP contribution in [0.25, 0.3) is 0 Å². The molecule has 1 heterocycles. The second-order valence-electron chi connectivity index (χ2n) is 6.77. The Kier molecular flexibility index (Phi) is 8.20. The molecular weight excluding hydrogens is 453 g/mol. The number of hydrogen-bond donors (Lipinski definition) is 0. The fraction of sp³-hybridized carbons (Fsp3) is 0.250. The monoisotopic (exact) mass is 475 g/mol. The van der Waals surface area contributed by atoms with Crippen molar-refractivity contribution in [2.24, 2.45) is 0 Å². The number of methoxy groups -OCH3 is 3. The van der Waals surface area contributed by atoms with E-state index in [1.165, 1.54) is 26.6 Å². The maximum absolute atomic E-state index is 13.2. The Morgan fingerprint density at radius 2 is 1.56 bits per heavy atom. The van der Waals surface area contributed by atoms with Crippen molar-refractivity contribution < 1.29 is 23.7 Å². The number of ether oxygens (including phenoxy) is 4. The van der Waals surface area contributed by atoms with Crippen LogP contribution in [-0.4, -0.2) is 38.7 Å². The zero-order valence-electron chi connectivity index (χ0n) is 18.0. The molecule has 6 nitrogen and oxygen atoms in total. The maximum atomic E-state index is 13.2. The van der Waals surface area contributed by atoms with Crippen LogP contribution in [0, 0.1) is 0 Å². The van der Waals surface area contributed by atoms with Gasteiger partial charge in [0.25, 0.3) is 0 Å². The average Bonchev–Trinajstić information content (AvgIpc) is 2.81. The van der Waals surface area contributed by atoms with Crippen LogP contribution < -0.4 is 18.9 Å². The fourth-order valence-electron chi connectivity index (χ4n) is 3.30. The molecule has 8 heteroatoms. The second kappa shape index (κ2) is 11.1. The number of pyridine rings is 1. The van der Waals surface area contributed by atoms with Crippen LogP contribution in [0.2, 0.25) is 10.0 Å². The molecule has 0 amide bonds. The largest absolute Gasteiger partial charge is 0.496 e.